The number of amides is 1. The van der Waals surface area contributed by atoms with Gasteiger partial charge in [-0.25, -0.2) is 4.98 Å². The van der Waals surface area contributed by atoms with Crippen molar-refractivity contribution >= 4 is 42.5 Å². The molecule has 2 heterocycles. The van der Waals surface area contributed by atoms with E-state index in [1.807, 2.05) is 30.9 Å². The number of rotatable bonds is 7. The third kappa shape index (κ3) is 5.92. The molecule has 22 heavy (non-hydrogen) atoms. The summed E-state index contributed by atoms with van der Waals surface area (Å²) in [6.45, 7) is 1.31. The van der Waals surface area contributed by atoms with Crippen LogP contribution in [0, 0.1) is 0 Å². The molecular formula is C13H20Cl2N4O2S. The fourth-order valence-electron chi connectivity index (χ4n) is 1.59. The predicted octanol–water partition coefficient (Wildman–Crippen LogP) is 2.10. The summed E-state index contributed by atoms with van der Waals surface area (Å²) >= 11 is 1.57. The van der Waals surface area contributed by atoms with Crippen molar-refractivity contribution in [1.29, 1.82) is 0 Å². The second-order valence-electron chi connectivity index (χ2n) is 4.23. The largest absolute Gasteiger partial charge is 0.455 e. The van der Waals surface area contributed by atoms with E-state index in [0.29, 0.717) is 18.1 Å². The highest BCUT2D eigenvalue weighted by molar-refractivity contribution is 7.98. The van der Waals surface area contributed by atoms with E-state index in [2.05, 4.69) is 15.6 Å². The average molecular weight is 367 g/mol. The first-order chi connectivity index (χ1) is 9.70. The minimum Gasteiger partial charge on any atom is -0.455 e. The summed E-state index contributed by atoms with van der Waals surface area (Å²) in [5, 5.41) is 6.65. The molecule has 0 radical (unpaired) electrons. The first kappa shape index (κ1) is 20.9. The van der Waals surface area contributed by atoms with Gasteiger partial charge in [0.25, 0.3) is 5.91 Å². The summed E-state index contributed by atoms with van der Waals surface area (Å²) in [5.74, 6) is 1.57. The Bertz CT molecular complexity index is 574. The number of aromatic nitrogens is 2. The van der Waals surface area contributed by atoms with Gasteiger partial charge in [0.2, 0.25) is 0 Å². The Morgan fingerprint density at radius 2 is 2.14 bits per heavy atom. The van der Waals surface area contributed by atoms with Gasteiger partial charge in [-0.3, -0.25) is 4.79 Å². The van der Waals surface area contributed by atoms with Crippen molar-refractivity contribution in [2.24, 2.45) is 7.05 Å². The summed E-state index contributed by atoms with van der Waals surface area (Å²) < 4.78 is 7.47. The maximum Gasteiger partial charge on any atom is 0.287 e. The summed E-state index contributed by atoms with van der Waals surface area (Å²) in [6.07, 6.45) is 3.65. The number of nitrogens with zero attached hydrogens (tertiary/aromatic N) is 2. The fourth-order valence-corrected chi connectivity index (χ4v) is 2.42. The molecule has 0 aliphatic carbocycles. The lowest BCUT2D eigenvalue weighted by atomic mass is 10.4. The van der Waals surface area contributed by atoms with E-state index in [-0.39, 0.29) is 30.7 Å². The van der Waals surface area contributed by atoms with E-state index >= 15 is 0 Å². The van der Waals surface area contributed by atoms with E-state index in [0.717, 1.165) is 17.5 Å². The smallest absolute Gasteiger partial charge is 0.287 e. The van der Waals surface area contributed by atoms with Crippen molar-refractivity contribution in [2.75, 3.05) is 20.1 Å². The standard InChI is InChI=1S/C13H18N4O2S.2ClH/c1-14-5-6-15-12(18)11-4-3-10(19-11)9-20-13-16-7-8-17(13)2;;/h3-4,7-8,14H,5-6,9H2,1-2H3,(H,15,18);2*1H. The van der Waals surface area contributed by atoms with E-state index in [9.17, 15) is 4.79 Å². The van der Waals surface area contributed by atoms with E-state index in [4.69, 9.17) is 4.42 Å². The molecule has 9 heteroatoms. The van der Waals surface area contributed by atoms with Gasteiger partial charge in [0.1, 0.15) is 5.76 Å². The van der Waals surface area contributed by atoms with Gasteiger partial charge in [-0.15, -0.1) is 24.8 Å². The lowest BCUT2D eigenvalue weighted by Crippen LogP contribution is -2.30. The SMILES string of the molecule is CNCCNC(=O)c1ccc(CSc2nccn2C)o1.Cl.Cl. The molecule has 0 fully saturated rings. The van der Waals surface area contributed by atoms with Crippen LogP contribution in [0.5, 0.6) is 0 Å². The summed E-state index contributed by atoms with van der Waals surface area (Å²) in [7, 11) is 3.78. The lowest BCUT2D eigenvalue weighted by Gasteiger charge is -2.02. The van der Waals surface area contributed by atoms with Gasteiger partial charge in [0, 0.05) is 32.5 Å². The molecule has 0 saturated carbocycles. The number of carbonyl (C=O) groups is 1. The van der Waals surface area contributed by atoms with Gasteiger partial charge in [-0.05, 0) is 19.2 Å². The third-order valence-corrected chi connectivity index (χ3v) is 3.75. The Balaban J connectivity index is 0.00000220. The molecule has 1 amide bonds. The first-order valence-corrected chi connectivity index (χ1v) is 7.31. The zero-order chi connectivity index (χ0) is 14.4. The topological polar surface area (TPSA) is 72.1 Å². The lowest BCUT2D eigenvalue weighted by molar-refractivity contribution is 0.0925. The van der Waals surface area contributed by atoms with Crippen molar-refractivity contribution in [1.82, 2.24) is 20.2 Å². The van der Waals surface area contributed by atoms with Gasteiger partial charge in [-0.1, -0.05) is 11.8 Å². The predicted molar refractivity (Wildman–Crippen MR) is 92.2 cm³/mol. The second-order valence-corrected chi connectivity index (χ2v) is 5.18. The Labute approximate surface area is 146 Å². The Morgan fingerprint density at radius 1 is 1.36 bits per heavy atom. The highest BCUT2D eigenvalue weighted by Crippen LogP contribution is 2.21. The average Bonchev–Trinajstić information content (AvgIpc) is 3.05. The molecule has 0 spiro atoms. The molecular weight excluding hydrogens is 347 g/mol. The molecule has 0 unspecified atom stereocenters. The third-order valence-electron chi connectivity index (χ3n) is 2.67. The number of thioether (sulfide) groups is 1. The van der Waals surface area contributed by atoms with Crippen LogP contribution < -0.4 is 10.6 Å². The molecule has 0 bridgehead atoms. The number of hydrogen-bond acceptors (Lipinski definition) is 5. The van der Waals surface area contributed by atoms with Crippen LogP contribution in [-0.4, -0.2) is 35.6 Å². The Hall–Kier alpha value is -1.15. The van der Waals surface area contributed by atoms with E-state index < -0.39 is 0 Å². The Kier molecular flexibility index (Phi) is 10.0. The van der Waals surface area contributed by atoms with Crippen LogP contribution >= 0.6 is 36.6 Å². The molecule has 6 nitrogen and oxygen atoms in total. The van der Waals surface area contributed by atoms with Crippen LogP contribution in [0.15, 0.2) is 34.1 Å². The maximum absolute atomic E-state index is 11.8. The van der Waals surface area contributed by atoms with E-state index in [1.165, 1.54) is 0 Å². The highest BCUT2D eigenvalue weighted by atomic mass is 35.5. The number of likely N-dealkylation sites (N-methyl/N-ethyl adjacent to an activating group) is 1. The number of nitrogens with one attached hydrogen (secondary N) is 2. The van der Waals surface area contributed by atoms with Crippen LogP contribution in [0.3, 0.4) is 0 Å². The van der Waals surface area contributed by atoms with Gasteiger partial charge in [0.15, 0.2) is 10.9 Å². The number of furan rings is 1. The normalized spacial score (nSPS) is 9.73. The fraction of sp³-hybridized carbons (Fsp3) is 0.385. The number of carbonyl (C=O) groups excluding carboxylic acids is 1. The minimum absolute atomic E-state index is 0. The zero-order valence-electron chi connectivity index (χ0n) is 12.4. The molecule has 0 aliphatic rings. The van der Waals surface area contributed by atoms with Crippen LogP contribution in [0.25, 0.3) is 0 Å². The Morgan fingerprint density at radius 3 is 2.77 bits per heavy atom. The number of halogens is 2. The van der Waals surface area contributed by atoms with Crippen molar-refractivity contribution in [3.05, 3.63) is 36.0 Å². The molecule has 2 aromatic rings. The molecule has 0 aliphatic heterocycles. The van der Waals surface area contributed by atoms with Crippen LogP contribution in [0.1, 0.15) is 16.3 Å². The number of hydrogen-bond donors (Lipinski definition) is 2. The molecule has 0 atom stereocenters. The van der Waals surface area contributed by atoms with Crippen molar-refractivity contribution in [3.8, 4) is 0 Å². The zero-order valence-corrected chi connectivity index (χ0v) is 14.8. The second kappa shape index (κ2) is 10.6. The molecule has 124 valence electrons. The molecule has 0 aromatic carbocycles. The van der Waals surface area contributed by atoms with E-state index in [1.54, 1.807) is 24.0 Å². The first-order valence-electron chi connectivity index (χ1n) is 6.32. The van der Waals surface area contributed by atoms with Crippen molar-refractivity contribution in [2.45, 2.75) is 10.9 Å². The van der Waals surface area contributed by atoms with Crippen molar-refractivity contribution < 1.29 is 9.21 Å². The monoisotopic (exact) mass is 366 g/mol. The molecule has 2 aromatic heterocycles. The molecule has 2 rings (SSSR count). The van der Waals surface area contributed by atoms with Gasteiger partial charge in [-0.2, -0.15) is 0 Å². The van der Waals surface area contributed by atoms with Crippen LogP contribution in [0.2, 0.25) is 0 Å². The summed E-state index contributed by atoms with van der Waals surface area (Å²) in [5.41, 5.74) is 0. The van der Waals surface area contributed by atoms with Crippen LogP contribution in [0.4, 0.5) is 0 Å². The molecule has 0 saturated heterocycles. The molecule has 2 N–H and O–H groups in total. The van der Waals surface area contributed by atoms with Crippen LogP contribution in [-0.2, 0) is 12.8 Å². The maximum atomic E-state index is 11.8. The quantitative estimate of drug-likeness (QED) is 0.579. The minimum atomic E-state index is -0.187. The number of aryl methyl sites for hydroxylation is 1. The van der Waals surface area contributed by atoms with Gasteiger partial charge >= 0.3 is 0 Å². The number of imidazole rings is 1. The van der Waals surface area contributed by atoms with Crippen molar-refractivity contribution in [3.63, 3.8) is 0 Å². The van der Waals surface area contributed by atoms with Gasteiger partial charge in [0.05, 0.1) is 5.75 Å². The van der Waals surface area contributed by atoms with Gasteiger partial charge < -0.3 is 19.6 Å². The highest BCUT2D eigenvalue weighted by Gasteiger charge is 2.11. The summed E-state index contributed by atoms with van der Waals surface area (Å²) in [4.78, 5) is 16.0. The summed E-state index contributed by atoms with van der Waals surface area (Å²) in [6, 6.07) is 3.52.